The first-order chi connectivity index (χ1) is 14.2. The summed E-state index contributed by atoms with van der Waals surface area (Å²) in [7, 11) is 0. The number of benzene rings is 1. The zero-order chi connectivity index (χ0) is 19.8. The van der Waals surface area contributed by atoms with E-state index in [1.165, 1.54) is 6.42 Å². The molecule has 0 radical (unpaired) electrons. The summed E-state index contributed by atoms with van der Waals surface area (Å²) in [5, 5.41) is 9.19. The molecule has 2 aliphatic rings. The number of hydrogen-bond donors (Lipinski definition) is 3. The van der Waals surface area contributed by atoms with E-state index in [4.69, 9.17) is 16.3 Å². The predicted molar refractivity (Wildman–Crippen MR) is 114 cm³/mol. The normalized spacial score (nSPS) is 23.1. The van der Waals surface area contributed by atoms with Crippen LogP contribution in [0, 0.1) is 0 Å². The van der Waals surface area contributed by atoms with Crippen LogP contribution in [-0.4, -0.2) is 65.7 Å². The summed E-state index contributed by atoms with van der Waals surface area (Å²) in [4.78, 5) is 23.0. The first-order valence-electron chi connectivity index (χ1n) is 10.1. The second-order valence-electron chi connectivity index (χ2n) is 7.79. The topological polar surface area (TPSA) is 82.3 Å². The van der Waals surface area contributed by atoms with Crippen LogP contribution in [0.15, 0.2) is 30.6 Å². The second kappa shape index (κ2) is 7.91. The third kappa shape index (κ3) is 3.71. The van der Waals surface area contributed by atoms with Gasteiger partial charge in [-0.3, -0.25) is 14.7 Å². The number of aromatic nitrogens is 2. The van der Waals surface area contributed by atoms with Crippen LogP contribution >= 0.6 is 11.6 Å². The number of H-pyrrole nitrogens is 1. The van der Waals surface area contributed by atoms with Gasteiger partial charge in [-0.05, 0) is 37.6 Å². The lowest BCUT2D eigenvalue weighted by molar-refractivity contribution is -0.127. The Kier molecular flexibility index (Phi) is 5.13. The molecule has 1 aromatic carbocycles. The molecule has 152 valence electrons. The Balaban J connectivity index is 1.42. The Hall–Kier alpha value is -2.19. The molecule has 1 amide bonds. The Morgan fingerprint density at radius 1 is 1.38 bits per heavy atom. The largest absolute Gasteiger partial charge is 0.378 e. The molecule has 0 bridgehead atoms. The molecule has 2 saturated heterocycles. The summed E-state index contributed by atoms with van der Waals surface area (Å²) in [6.45, 7) is 3.75. The Labute approximate surface area is 173 Å². The number of nitrogens with one attached hydrogen (secondary N) is 3. The van der Waals surface area contributed by atoms with Crippen molar-refractivity contribution in [2.75, 3.05) is 38.2 Å². The highest BCUT2D eigenvalue weighted by molar-refractivity contribution is 6.32. The van der Waals surface area contributed by atoms with Gasteiger partial charge in [0.05, 0.1) is 36.1 Å². The summed E-state index contributed by atoms with van der Waals surface area (Å²) in [6.07, 6.45) is 5.88. The molecule has 0 aliphatic carbocycles. The maximum Gasteiger partial charge on any atom is 0.244 e. The van der Waals surface area contributed by atoms with Gasteiger partial charge in [-0.1, -0.05) is 11.6 Å². The summed E-state index contributed by atoms with van der Waals surface area (Å²) in [5.41, 5.74) is 2.44. The van der Waals surface area contributed by atoms with Crippen molar-refractivity contribution in [1.82, 2.24) is 20.2 Å². The minimum absolute atomic E-state index is 0.0666. The molecule has 0 saturated carbocycles. The molecule has 3 N–H and O–H groups in total. The van der Waals surface area contributed by atoms with E-state index in [2.05, 4.69) is 25.5 Å². The van der Waals surface area contributed by atoms with Crippen molar-refractivity contribution in [3.05, 3.63) is 35.6 Å². The van der Waals surface area contributed by atoms with Gasteiger partial charge < -0.3 is 20.4 Å². The molecule has 2 aromatic heterocycles. The first kappa shape index (κ1) is 18.8. The zero-order valence-corrected chi connectivity index (χ0v) is 16.8. The summed E-state index contributed by atoms with van der Waals surface area (Å²) in [6, 6.07) is 5.78. The number of aromatic amines is 1. The second-order valence-corrected chi connectivity index (χ2v) is 8.23. The third-order valence-corrected chi connectivity index (χ3v) is 6.11. The lowest BCUT2D eigenvalue weighted by Crippen LogP contribution is -2.54. The average Bonchev–Trinajstić information content (AvgIpc) is 3.36. The fourth-order valence-corrected chi connectivity index (χ4v) is 4.64. The van der Waals surface area contributed by atoms with E-state index in [1.807, 2.05) is 12.1 Å². The minimum Gasteiger partial charge on any atom is -0.378 e. The maximum absolute atomic E-state index is 13.2. The zero-order valence-electron chi connectivity index (χ0n) is 16.1. The standard InChI is InChI=1S/C21H24ClN5O2/c22-13-8-16-15-3-5-23-10-18(15)25-20(16)17(9-13)26-21(28)19-12-29-7-6-27(19)11-14-2-1-4-24-14/h3,5,8-10,14,19,24-25H,1-2,4,6-7,11-12H2,(H,26,28)/t14-,19+/m1/s1. The van der Waals surface area contributed by atoms with Crippen LogP contribution in [0.3, 0.4) is 0 Å². The fourth-order valence-electron chi connectivity index (χ4n) is 4.43. The van der Waals surface area contributed by atoms with Gasteiger partial charge >= 0.3 is 0 Å². The van der Waals surface area contributed by atoms with E-state index < -0.39 is 0 Å². The number of rotatable bonds is 4. The Bertz CT molecular complexity index is 1050. The van der Waals surface area contributed by atoms with Gasteiger partial charge in [-0.25, -0.2) is 0 Å². The van der Waals surface area contributed by atoms with Crippen LogP contribution in [0.1, 0.15) is 12.8 Å². The molecule has 2 aliphatic heterocycles. The lowest BCUT2D eigenvalue weighted by atomic mass is 10.1. The van der Waals surface area contributed by atoms with Gasteiger partial charge in [0.25, 0.3) is 0 Å². The van der Waals surface area contributed by atoms with Crippen molar-refractivity contribution in [2.45, 2.75) is 24.9 Å². The van der Waals surface area contributed by atoms with Crippen LogP contribution in [0.25, 0.3) is 21.8 Å². The number of carbonyl (C=O) groups excluding carboxylic acids is 1. The van der Waals surface area contributed by atoms with Gasteiger partial charge in [0.15, 0.2) is 0 Å². The van der Waals surface area contributed by atoms with Gasteiger partial charge in [0.1, 0.15) is 6.04 Å². The smallest absolute Gasteiger partial charge is 0.244 e. The number of anilines is 1. The molecule has 2 fully saturated rings. The molecule has 29 heavy (non-hydrogen) atoms. The summed E-state index contributed by atoms with van der Waals surface area (Å²) < 4.78 is 5.63. The van der Waals surface area contributed by atoms with Crippen LogP contribution < -0.4 is 10.6 Å². The number of carbonyl (C=O) groups is 1. The highest BCUT2D eigenvalue weighted by Crippen LogP contribution is 2.33. The maximum atomic E-state index is 13.2. The van der Waals surface area contributed by atoms with Crippen molar-refractivity contribution in [1.29, 1.82) is 0 Å². The molecule has 3 aromatic rings. The highest BCUT2D eigenvalue weighted by Gasteiger charge is 2.32. The van der Waals surface area contributed by atoms with Crippen molar-refractivity contribution in [3.8, 4) is 0 Å². The lowest BCUT2D eigenvalue weighted by Gasteiger charge is -2.36. The quantitative estimate of drug-likeness (QED) is 0.612. The highest BCUT2D eigenvalue weighted by atomic mass is 35.5. The number of hydrogen-bond acceptors (Lipinski definition) is 5. The molecular formula is C21H24ClN5O2. The van der Waals surface area contributed by atoms with E-state index in [9.17, 15) is 4.79 Å². The summed E-state index contributed by atoms with van der Waals surface area (Å²) in [5.74, 6) is -0.0666. The number of ether oxygens (including phenoxy) is 1. The number of nitrogens with zero attached hydrogens (tertiary/aromatic N) is 2. The van der Waals surface area contributed by atoms with Gasteiger partial charge in [0.2, 0.25) is 5.91 Å². The first-order valence-corrected chi connectivity index (χ1v) is 10.5. The monoisotopic (exact) mass is 413 g/mol. The number of pyridine rings is 1. The molecule has 5 rings (SSSR count). The number of fused-ring (bicyclic) bond motifs is 3. The number of halogens is 1. The van der Waals surface area contributed by atoms with E-state index in [1.54, 1.807) is 18.5 Å². The third-order valence-electron chi connectivity index (χ3n) is 5.89. The van der Waals surface area contributed by atoms with Crippen molar-refractivity contribution < 1.29 is 9.53 Å². The van der Waals surface area contributed by atoms with Crippen molar-refractivity contribution in [3.63, 3.8) is 0 Å². The van der Waals surface area contributed by atoms with Crippen LogP contribution in [0.4, 0.5) is 5.69 Å². The minimum atomic E-state index is -0.314. The van der Waals surface area contributed by atoms with Gasteiger partial charge in [-0.2, -0.15) is 0 Å². The molecule has 4 heterocycles. The average molecular weight is 414 g/mol. The SMILES string of the molecule is O=C(Nc1cc(Cl)cc2c1[nH]c1cnccc12)[C@@H]1COCCN1C[C@H]1CCCN1. The van der Waals surface area contributed by atoms with E-state index >= 15 is 0 Å². The number of morpholine rings is 1. The summed E-state index contributed by atoms with van der Waals surface area (Å²) >= 11 is 6.37. The molecule has 8 heteroatoms. The van der Waals surface area contributed by atoms with Crippen LogP contribution in [0.5, 0.6) is 0 Å². The fraction of sp³-hybridized carbons (Fsp3) is 0.429. The Morgan fingerprint density at radius 3 is 3.17 bits per heavy atom. The number of amides is 1. The van der Waals surface area contributed by atoms with Crippen molar-refractivity contribution >= 4 is 45.0 Å². The molecule has 7 nitrogen and oxygen atoms in total. The van der Waals surface area contributed by atoms with E-state index in [-0.39, 0.29) is 11.9 Å². The van der Waals surface area contributed by atoms with Gasteiger partial charge in [-0.15, -0.1) is 0 Å². The Morgan fingerprint density at radius 2 is 2.31 bits per heavy atom. The molecule has 0 unspecified atom stereocenters. The predicted octanol–water partition coefficient (Wildman–Crippen LogP) is 2.76. The van der Waals surface area contributed by atoms with Crippen molar-refractivity contribution in [2.24, 2.45) is 0 Å². The molecule has 0 spiro atoms. The van der Waals surface area contributed by atoms with Gasteiger partial charge in [0, 0.05) is 41.1 Å². The van der Waals surface area contributed by atoms with Crippen LogP contribution in [0.2, 0.25) is 5.02 Å². The van der Waals surface area contributed by atoms with E-state index in [0.717, 1.165) is 47.9 Å². The van der Waals surface area contributed by atoms with Crippen LogP contribution in [-0.2, 0) is 9.53 Å². The molecular weight excluding hydrogens is 390 g/mol. The molecule has 2 atom stereocenters. The van der Waals surface area contributed by atoms with E-state index in [0.29, 0.717) is 30.0 Å².